The van der Waals surface area contributed by atoms with Crippen molar-refractivity contribution >= 4 is 11.9 Å². The lowest BCUT2D eigenvalue weighted by atomic mass is 10.0. The van der Waals surface area contributed by atoms with Gasteiger partial charge in [0.05, 0.1) is 19.1 Å². The van der Waals surface area contributed by atoms with Crippen LogP contribution in [0.1, 0.15) is 29.5 Å². The second-order valence-corrected chi connectivity index (χ2v) is 5.86. The number of morpholine rings is 1. The molecule has 5 heteroatoms. The molecule has 120 valence electrons. The zero-order valence-corrected chi connectivity index (χ0v) is 13.2. The Morgan fingerprint density at radius 1 is 1.36 bits per heavy atom. The minimum Gasteiger partial charge on any atom is -0.481 e. The van der Waals surface area contributed by atoms with E-state index in [1.54, 1.807) is 4.90 Å². The van der Waals surface area contributed by atoms with E-state index < -0.39 is 12.1 Å². The van der Waals surface area contributed by atoms with Gasteiger partial charge < -0.3 is 14.7 Å². The van der Waals surface area contributed by atoms with Crippen LogP contribution in [0, 0.1) is 13.8 Å². The molecule has 0 radical (unpaired) electrons. The van der Waals surface area contributed by atoms with Crippen molar-refractivity contribution in [2.75, 3.05) is 19.7 Å². The van der Waals surface area contributed by atoms with E-state index in [0.717, 1.165) is 0 Å². The van der Waals surface area contributed by atoms with Crippen LogP contribution >= 0.6 is 0 Å². The van der Waals surface area contributed by atoms with Gasteiger partial charge in [-0.2, -0.15) is 0 Å². The Balaban J connectivity index is 1.87. The van der Waals surface area contributed by atoms with Crippen LogP contribution in [0.5, 0.6) is 0 Å². The van der Waals surface area contributed by atoms with E-state index in [-0.39, 0.29) is 12.3 Å². The Labute approximate surface area is 130 Å². The number of amides is 1. The molecule has 1 N–H and O–H groups in total. The van der Waals surface area contributed by atoms with Gasteiger partial charge in [-0.1, -0.05) is 23.8 Å². The topological polar surface area (TPSA) is 66.8 Å². The SMILES string of the molecule is Cc1ccc(CCC(=O)N2CCOC(CC(=O)O)C2)c(C)c1. The number of aliphatic carboxylic acids is 1. The summed E-state index contributed by atoms with van der Waals surface area (Å²) in [6, 6.07) is 6.26. The Kier molecular flexibility index (Phi) is 5.55. The van der Waals surface area contributed by atoms with Crippen LogP contribution in [-0.4, -0.2) is 47.7 Å². The number of rotatable bonds is 5. The van der Waals surface area contributed by atoms with Gasteiger partial charge in [0.15, 0.2) is 0 Å². The largest absolute Gasteiger partial charge is 0.481 e. The molecule has 1 aliphatic rings. The zero-order chi connectivity index (χ0) is 16.1. The molecule has 1 aromatic carbocycles. The van der Waals surface area contributed by atoms with Crippen molar-refractivity contribution in [1.29, 1.82) is 0 Å². The Hall–Kier alpha value is -1.88. The molecule has 1 unspecified atom stereocenters. The first kappa shape index (κ1) is 16.5. The molecular weight excluding hydrogens is 282 g/mol. The maximum Gasteiger partial charge on any atom is 0.306 e. The number of carboxylic acid groups (broad SMARTS) is 1. The lowest BCUT2D eigenvalue weighted by Gasteiger charge is -2.32. The van der Waals surface area contributed by atoms with Gasteiger partial charge >= 0.3 is 5.97 Å². The fraction of sp³-hybridized carbons (Fsp3) is 0.529. The second kappa shape index (κ2) is 7.40. The third-order valence-corrected chi connectivity index (χ3v) is 4.00. The summed E-state index contributed by atoms with van der Waals surface area (Å²) in [5.74, 6) is -0.826. The van der Waals surface area contributed by atoms with Crippen molar-refractivity contribution in [3.05, 3.63) is 34.9 Å². The Bertz CT molecular complexity index is 556. The Morgan fingerprint density at radius 2 is 2.14 bits per heavy atom. The minimum atomic E-state index is -0.894. The molecule has 1 fully saturated rings. The molecule has 1 aliphatic heterocycles. The number of carbonyl (C=O) groups excluding carboxylic acids is 1. The third kappa shape index (κ3) is 4.56. The number of nitrogens with zero attached hydrogens (tertiary/aromatic N) is 1. The quantitative estimate of drug-likeness (QED) is 0.903. The molecular formula is C17H23NO4. The maximum atomic E-state index is 12.3. The van der Waals surface area contributed by atoms with E-state index in [2.05, 4.69) is 32.0 Å². The van der Waals surface area contributed by atoms with Crippen molar-refractivity contribution in [2.45, 2.75) is 39.2 Å². The predicted molar refractivity (Wildman–Crippen MR) is 82.8 cm³/mol. The summed E-state index contributed by atoms with van der Waals surface area (Å²) >= 11 is 0. The van der Waals surface area contributed by atoms with Crippen molar-refractivity contribution in [3.63, 3.8) is 0 Å². The van der Waals surface area contributed by atoms with Crippen LogP contribution in [0.2, 0.25) is 0 Å². The predicted octanol–water partition coefficient (Wildman–Crippen LogP) is 1.94. The molecule has 0 spiro atoms. The summed E-state index contributed by atoms with van der Waals surface area (Å²) < 4.78 is 5.39. The molecule has 1 aromatic rings. The summed E-state index contributed by atoms with van der Waals surface area (Å²) in [6.45, 7) is 5.44. The molecule has 1 saturated heterocycles. The lowest BCUT2D eigenvalue weighted by Crippen LogP contribution is -2.46. The van der Waals surface area contributed by atoms with Gasteiger partial charge in [-0.3, -0.25) is 9.59 Å². The van der Waals surface area contributed by atoms with Gasteiger partial charge in [0.25, 0.3) is 0 Å². The third-order valence-electron chi connectivity index (χ3n) is 4.00. The number of ether oxygens (including phenoxy) is 1. The first-order chi connectivity index (χ1) is 10.5. The zero-order valence-electron chi connectivity index (χ0n) is 13.2. The fourth-order valence-electron chi connectivity index (χ4n) is 2.79. The highest BCUT2D eigenvalue weighted by Gasteiger charge is 2.25. The number of carboxylic acids is 1. The summed E-state index contributed by atoms with van der Waals surface area (Å²) in [6.07, 6.45) is 0.715. The Morgan fingerprint density at radius 3 is 2.82 bits per heavy atom. The van der Waals surface area contributed by atoms with Crippen LogP contribution in [0.3, 0.4) is 0 Å². The van der Waals surface area contributed by atoms with Crippen molar-refractivity contribution in [2.24, 2.45) is 0 Å². The number of benzene rings is 1. The van der Waals surface area contributed by atoms with E-state index in [0.29, 0.717) is 32.5 Å². The average molecular weight is 305 g/mol. The van der Waals surface area contributed by atoms with E-state index in [9.17, 15) is 9.59 Å². The number of hydrogen-bond donors (Lipinski definition) is 1. The summed E-state index contributed by atoms with van der Waals surface area (Å²) in [4.78, 5) is 24.8. The summed E-state index contributed by atoms with van der Waals surface area (Å²) in [7, 11) is 0. The van der Waals surface area contributed by atoms with Gasteiger partial charge in [0.2, 0.25) is 5.91 Å². The molecule has 5 nitrogen and oxygen atoms in total. The van der Waals surface area contributed by atoms with Gasteiger partial charge in [-0.15, -0.1) is 0 Å². The summed E-state index contributed by atoms with van der Waals surface area (Å²) in [5, 5.41) is 8.81. The molecule has 1 amide bonds. The standard InChI is InChI=1S/C17H23NO4/c1-12-3-4-14(13(2)9-12)5-6-16(19)18-7-8-22-15(11-18)10-17(20)21/h3-4,9,15H,5-8,10-11H2,1-2H3,(H,20,21). The average Bonchev–Trinajstić information content (AvgIpc) is 2.45. The minimum absolute atomic E-state index is 0.0547. The highest BCUT2D eigenvalue weighted by atomic mass is 16.5. The maximum absolute atomic E-state index is 12.3. The van der Waals surface area contributed by atoms with Crippen molar-refractivity contribution < 1.29 is 19.4 Å². The molecule has 22 heavy (non-hydrogen) atoms. The van der Waals surface area contributed by atoms with E-state index >= 15 is 0 Å². The van der Waals surface area contributed by atoms with Crippen LogP contribution in [0.15, 0.2) is 18.2 Å². The highest BCUT2D eigenvalue weighted by molar-refractivity contribution is 5.77. The first-order valence-electron chi connectivity index (χ1n) is 7.63. The molecule has 1 heterocycles. The molecule has 0 bridgehead atoms. The van der Waals surface area contributed by atoms with Crippen LogP contribution < -0.4 is 0 Å². The highest BCUT2D eigenvalue weighted by Crippen LogP contribution is 2.15. The van der Waals surface area contributed by atoms with E-state index in [1.807, 2.05) is 0 Å². The van der Waals surface area contributed by atoms with Gasteiger partial charge in [0, 0.05) is 19.5 Å². The van der Waals surface area contributed by atoms with Gasteiger partial charge in [-0.05, 0) is 31.4 Å². The van der Waals surface area contributed by atoms with Crippen LogP contribution in [-0.2, 0) is 20.7 Å². The first-order valence-corrected chi connectivity index (χ1v) is 7.63. The lowest BCUT2D eigenvalue weighted by molar-refractivity contribution is -0.147. The monoisotopic (exact) mass is 305 g/mol. The molecule has 2 rings (SSSR count). The van der Waals surface area contributed by atoms with Gasteiger partial charge in [0.1, 0.15) is 0 Å². The number of aryl methyl sites for hydroxylation is 3. The molecule has 0 aromatic heterocycles. The van der Waals surface area contributed by atoms with Gasteiger partial charge in [-0.25, -0.2) is 0 Å². The number of hydrogen-bond acceptors (Lipinski definition) is 3. The molecule has 1 atom stereocenters. The number of carbonyl (C=O) groups is 2. The van der Waals surface area contributed by atoms with Crippen LogP contribution in [0.25, 0.3) is 0 Å². The molecule has 0 aliphatic carbocycles. The summed E-state index contributed by atoms with van der Waals surface area (Å²) in [5.41, 5.74) is 3.62. The van der Waals surface area contributed by atoms with Crippen LogP contribution in [0.4, 0.5) is 0 Å². The van der Waals surface area contributed by atoms with Crippen molar-refractivity contribution in [3.8, 4) is 0 Å². The normalized spacial score (nSPS) is 18.3. The van der Waals surface area contributed by atoms with Crippen molar-refractivity contribution in [1.82, 2.24) is 4.90 Å². The smallest absolute Gasteiger partial charge is 0.306 e. The second-order valence-electron chi connectivity index (χ2n) is 5.86. The molecule has 0 saturated carbocycles. The van der Waals surface area contributed by atoms with E-state index in [4.69, 9.17) is 9.84 Å². The fourth-order valence-corrected chi connectivity index (χ4v) is 2.79. The van der Waals surface area contributed by atoms with E-state index in [1.165, 1.54) is 16.7 Å².